The molecule has 6 heteroatoms. The number of ether oxygens (including phenoxy) is 1. The van der Waals surface area contributed by atoms with Crippen molar-refractivity contribution in [1.82, 2.24) is 9.55 Å². The molecule has 0 spiro atoms. The second-order valence-electron chi connectivity index (χ2n) is 3.45. The fourth-order valence-corrected chi connectivity index (χ4v) is 1.75. The van der Waals surface area contributed by atoms with Gasteiger partial charge < -0.3 is 9.15 Å². The van der Waals surface area contributed by atoms with Crippen molar-refractivity contribution in [3.63, 3.8) is 0 Å². The predicted octanol–water partition coefficient (Wildman–Crippen LogP) is 1.81. The molecular formula is C11H12N2O3S. The molecule has 0 atom stereocenters. The van der Waals surface area contributed by atoms with E-state index < -0.39 is 0 Å². The second kappa shape index (κ2) is 5.11. The van der Waals surface area contributed by atoms with E-state index >= 15 is 0 Å². The van der Waals surface area contributed by atoms with Crippen LogP contribution < -0.4 is 5.69 Å². The summed E-state index contributed by atoms with van der Waals surface area (Å²) < 4.78 is 12.2. The summed E-state index contributed by atoms with van der Waals surface area (Å²) in [5.74, 6) is 0.610. The van der Waals surface area contributed by atoms with E-state index in [0.717, 1.165) is 0 Å². The minimum atomic E-state index is -0.263. The number of aromatic nitrogens is 2. The van der Waals surface area contributed by atoms with Gasteiger partial charge >= 0.3 is 5.69 Å². The topological polar surface area (TPSA) is 60.2 Å². The molecule has 17 heavy (non-hydrogen) atoms. The quantitative estimate of drug-likeness (QED) is 0.843. The van der Waals surface area contributed by atoms with Gasteiger partial charge in [0.2, 0.25) is 0 Å². The standard InChI is InChI=1S/C11H12N2O3S/c1-15-6-4-13-8(9-3-2-5-16-9)7-10(17)12-11(13)14/h2-3,5,7H,4,6H2,1H3,(H,12,14,17). The highest BCUT2D eigenvalue weighted by atomic mass is 32.1. The van der Waals surface area contributed by atoms with Crippen LogP contribution in [-0.2, 0) is 11.3 Å². The number of rotatable bonds is 4. The second-order valence-corrected chi connectivity index (χ2v) is 3.89. The van der Waals surface area contributed by atoms with Gasteiger partial charge in [-0.3, -0.25) is 9.55 Å². The van der Waals surface area contributed by atoms with Crippen LogP contribution >= 0.6 is 12.2 Å². The minimum absolute atomic E-state index is 0.263. The Morgan fingerprint density at radius 1 is 1.59 bits per heavy atom. The molecule has 2 aromatic heterocycles. The molecule has 1 N–H and O–H groups in total. The van der Waals surface area contributed by atoms with Crippen LogP contribution in [-0.4, -0.2) is 23.3 Å². The van der Waals surface area contributed by atoms with Crippen molar-refractivity contribution < 1.29 is 9.15 Å². The van der Waals surface area contributed by atoms with Gasteiger partial charge in [0.05, 0.1) is 25.1 Å². The zero-order chi connectivity index (χ0) is 12.3. The van der Waals surface area contributed by atoms with Gasteiger partial charge in [0.15, 0.2) is 5.76 Å². The molecule has 0 saturated carbocycles. The Morgan fingerprint density at radius 3 is 3.06 bits per heavy atom. The Bertz CT molecular complexity index is 598. The number of aromatic amines is 1. The Balaban J connectivity index is 2.56. The minimum Gasteiger partial charge on any atom is -0.463 e. The van der Waals surface area contributed by atoms with Crippen molar-refractivity contribution in [2.45, 2.75) is 6.54 Å². The van der Waals surface area contributed by atoms with Crippen molar-refractivity contribution in [1.29, 1.82) is 0 Å². The Hall–Kier alpha value is -1.66. The van der Waals surface area contributed by atoms with Gasteiger partial charge in [-0.2, -0.15) is 0 Å². The molecule has 0 aliphatic heterocycles. The summed E-state index contributed by atoms with van der Waals surface area (Å²) >= 11 is 4.99. The molecule has 5 nitrogen and oxygen atoms in total. The third-order valence-corrected chi connectivity index (χ3v) is 2.55. The van der Waals surface area contributed by atoms with E-state index in [-0.39, 0.29) is 5.69 Å². The monoisotopic (exact) mass is 252 g/mol. The highest BCUT2D eigenvalue weighted by Crippen LogP contribution is 2.17. The fourth-order valence-electron chi connectivity index (χ4n) is 1.55. The summed E-state index contributed by atoms with van der Waals surface area (Å²) in [6.45, 7) is 0.885. The number of methoxy groups -OCH3 is 1. The normalized spacial score (nSPS) is 10.6. The molecule has 0 aromatic carbocycles. The van der Waals surface area contributed by atoms with Gasteiger partial charge in [0.1, 0.15) is 4.64 Å². The lowest BCUT2D eigenvalue weighted by atomic mass is 10.3. The van der Waals surface area contributed by atoms with Gasteiger partial charge in [-0.25, -0.2) is 4.79 Å². The smallest absolute Gasteiger partial charge is 0.327 e. The Kier molecular flexibility index (Phi) is 3.55. The van der Waals surface area contributed by atoms with Gasteiger partial charge in [-0.1, -0.05) is 12.2 Å². The molecule has 0 radical (unpaired) electrons. The van der Waals surface area contributed by atoms with Crippen LogP contribution in [0.15, 0.2) is 33.7 Å². The third kappa shape index (κ3) is 2.54. The van der Waals surface area contributed by atoms with Crippen LogP contribution in [0.4, 0.5) is 0 Å². The Labute approximate surface area is 103 Å². The Morgan fingerprint density at radius 2 is 2.41 bits per heavy atom. The highest BCUT2D eigenvalue weighted by Gasteiger charge is 2.09. The van der Waals surface area contributed by atoms with E-state index in [4.69, 9.17) is 21.4 Å². The van der Waals surface area contributed by atoms with Crippen molar-refractivity contribution in [2.75, 3.05) is 13.7 Å². The molecule has 0 bridgehead atoms. The molecule has 2 aromatic rings. The molecule has 0 aliphatic carbocycles. The summed E-state index contributed by atoms with van der Waals surface area (Å²) in [6, 6.07) is 5.25. The largest absolute Gasteiger partial charge is 0.463 e. The lowest BCUT2D eigenvalue weighted by molar-refractivity contribution is 0.186. The first kappa shape index (κ1) is 11.8. The number of furan rings is 1. The SMILES string of the molecule is COCCn1c(-c2ccco2)cc(=S)[nH]c1=O. The van der Waals surface area contributed by atoms with Crippen LogP contribution in [0.5, 0.6) is 0 Å². The van der Waals surface area contributed by atoms with Gasteiger partial charge in [-0.15, -0.1) is 0 Å². The zero-order valence-corrected chi connectivity index (χ0v) is 10.1. The van der Waals surface area contributed by atoms with E-state index in [1.807, 2.05) is 0 Å². The van der Waals surface area contributed by atoms with Crippen molar-refractivity contribution in [2.24, 2.45) is 0 Å². The van der Waals surface area contributed by atoms with Crippen LogP contribution in [0.3, 0.4) is 0 Å². The molecule has 2 heterocycles. The van der Waals surface area contributed by atoms with Gasteiger partial charge in [0.25, 0.3) is 0 Å². The van der Waals surface area contributed by atoms with E-state index in [1.54, 1.807) is 31.6 Å². The maximum atomic E-state index is 11.8. The predicted molar refractivity (Wildman–Crippen MR) is 65.5 cm³/mol. The number of H-pyrrole nitrogens is 1. The summed E-state index contributed by atoms with van der Waals surface area (Å²) in [4.78, 5) is 14.4. The van der Waals surface area contributed by atoms with E-state index in [0.29, 0.717) is 29.2 Å². The van der Waals surface area contributed by atoms with Gasteiger partial charge in [-0.05, 0) is 12.1 Å². The highest BCUT2D eigenvalue weighted by molar-refractivity contribution is 7.71. The number of nitrogens with one attached hydrogen (secondary N) is 1. The van der Waals surface area contributed by atoms with E-state index in [9.17, 15) is 4.79 Å². The average molecular weight is 252 g/mol. The molecule has 0 saturated heterocycles. The molecular weight excluding hydrogens is 240 g/mol. The van der Waals surface area contributed by atoms with Crippen molar-refractivity contribution in [3.8, 4) is 11.5 Å². The summed E-state index contributed by atoms with van der Waals surface area (Å²) in [5.41, 5.74) is 0.391. The molecule has 0 unspecified atom stereocenters. The van der Waals surface area contributed by atoms with E-state index in [2.05, 4.69) is 4.98 Å². The summed E-state index contributed by atoms with van der Waals surface area (Å²) in [7, 11) is 1.59. The van der Waals surface area contributed by atoms with Crippen LogP contribution in [0.1, 0.15) is 0 Å². The first-order valence-corrected chi connectivity index (χ1v) is 5.50. The maximum Gasteiger partial charge on any atom is 0.327 e. The molecule has 0 fully saturated rings. The number of hydrogen-bond acceptors (Lipinski definition) is 4. The van der Waals surface area contributed by atoms with Crippen LogP contribution in [0, 0.1) is 4.64 Å². The fraction of sp³-hybridized carbons (Fsp3) is 0.273. The summed E-state index contributed by atoms with van der Waals surface area (Å²) in [5, 5.41) is 0. The van der Waals surface area contributed by atoms with Crippen molar-refractivity contribution in [3.05, 3.63) is 39.6 Å². The van der Waals surface area contributed by atoms with Crippen LogP contribution in [0.2, 0.25) is 0 Å². The molecule has 90 valence electrons. The maximum absolute atomic E-state index is 11.8. The molecule has 0 aliphatic rings. The molecule has 0 amide bonds. The van der Waals surface area contributed by atoms with E-state index in [1.165, 1.54) is 4.57 Å². The average Bonchev–Trinajstić information content (AvgIpc) is 2.80. The number of nitrogens with zero attached hydrogens (tertiary/aromatic N) is 1. The molecule has 2 rings (SSSR count). The lowest BCUT2D eigenvalue weighted by Gasteiger charge is -2.09. The third-order valence-electron chi connectivity index (χ3n) is 2.33. The first-order chi connectivity index (χ1) is 8.22. The zero-order valence-electron chi connectivity index (χ0n) is 9.30. The van der Waals surface area contributed by atoms with Crippen molar-refractivity contribution >= 4 is 12.2 Å². The van der Waals surface area contributed by atoms with Gasteiger partial charge in [0, 0.05) is 13.2 Å². The number of hydrogen-bond donors (Lipinski definition) is 1. The first-order valence-electron chi connectivity index (χ1n) is 5.09. The summed E-state index contributed by atoms with van der Waals surface area (Å²) in [6.07, 6.45) is 1.56. The van der Waals surface area contributed by atoms with Crippen LogP contribution in [0.25, 0.3) is 11.5 Å². The lowest BCUT2D eigenvalue weighted by Crippen LogP contribution is -2.26.